The van der Waals surface area contributed by atoms with Gasteiger partial charge in [-0.05, 0) is 43.9 Å². The molecule has 5 heteroatoms. The molecule has 1 fully saturated rings. The van der Waals surface area contributed by atoms with Crippen molar-refractivity contribution in [3.63, 3.8) is 0 Å². The van der Waals surface area contributed by atoms with Crippen LogP contribution < -0.4 is 10.6 Å². The summed E-state index contributed by atoms with van der Waals surface area (Å²) in [6.45, 7) is 3.89. The number of aryl methyl sites for hydroxylation is 2. The van der Waals surface area contributed by atoms with Gasteiger partial charge in [-0.3, -0.25) is 4.79 Å². The highest BCUT2D eigenvalue weighted by Gasteiger charge is 2.37. The van der Waals surface area contributed by atoms with Gasteiger partial charge in [0.05, 0.1) is 12.0 Å². The molecule has 21 heavy (non-hydrogen) atoms. The summed E-state index contributed by atoms with van der Waals surface area (Å²) in [6.07, 6.45) is 3.33. The Hall–Kier alpha value is -2.04. The van der Waals surface area contributed by atoms with Crippen molar-refractivity contribution in [3.8, 4) is 0 Å². The number of nitrogens with one attached hydrogen (secondary N) is 2. The van der Waals surface area contributed by atoms with Gasteiger partial charge in [0, 0.05) is 5.69 Å². The van der Waals surface area contributed by atoms with E-state index in [9.17, 15) is 9.59 Å². The van der Waals surface area contributed by atoms with Crippen LogP contribution in [0.2, 0.25) is 0 Å². The van der Waals surface area contributed by atoms with E-state index in [1.165, 1.54) is 0 Å². The number of hydrogen-bond donors (Lipinski definition) is 3. The first-order chi connectivity index (χ1) is 9.90. The number of hydrogen-bond acceptors (Lipinski definition) is 2. The number of carbonyl (C=O) groups excluding carboxylic acids is 1. The van der Waals surface area contributed by atoms with Gasteiger partial charge in [-0.25, -0.2) is 4.79 Å². The number of anilines is 1. The van der Waals surface area contributed by atoms with Crippen molar-refractivity contribution in [1.82, 2.24) is 5.32 Å². The minimum atomic E-state index is -0.871. The Kier molecular flexibility index (Phi) is 4.50. The first kappa shape index (κ1) is 15.4. The van der Waals surface area contributed by atoms with Crippen molar-refractivity contribution < 1.29 is 14.7 Å². The Morgan fingerprint density at radius 1 is 1.24 bits per heavy atom. The fraction of sp³-hybridized carbons (Fsp3) is 0.500. The Labute approximate surface area is 124 Å². The summed E-state index contributed by atoms with van der Waals surface area (Å²) in [5.74, 6) is -0.871. The van der Waals surface area contributed by atoms with Gasteiger partial charge in [0.15, 0.2) is 0 Å². The summed E-state index contributed by atoms with van der Waals surface area (Å²) in [5, 5.41) is 14.8. The molecule has 114 valence electrons. The molecule has 1 aliphatic carbocycles. The molecular formula is C16H22N2O3. The van der Waals surface area contributed by atoms with Gasteiger partial charge in [-0.1, -0.05) is 25.0 Å². The van der Waals surface area contributed by atoms with E-state index in [2.05, 4.69) is 10.6 Å². The third-order valence-electron chi connectivity index (χ3n) is 4.07. The van der Waals surface area contributed by atoms with E-state index in [-0.39, 0.29) is 12.5 Å². The van der Waals surface area contributed by atoms with Crippen LogP contribution in [-0.2, 0) is 4.79 Å². The quantitative estimate of drug-likeness (QED) is 0.796. The molecule has 2 amide bonds. The molecule has 0 spiro atoms. The molecule has 0 saturated heterocycles. The van der Waals surface area contributed by atoms with Gasteiger partial charge < -0.3 is 15.7 Å². The second-order valence-electron chi connectivity index (χ2n) is 5.96. The van der Waals surface area contributed by atoms with Crippen molar-refractivity contribution >= 4 is 17.7 Å². The SMILES string of the molecule is Cc1ccc(C)c(NC(=O)NC2(CC(=O)O)CCCC2)c1. The number of carbonyl (C=O) groups is 2. The fourth-order valence-electron chi connectivity index (χ4n) is 2.95. The molecule has 5 nitrogen and oxygen atoms in total. The number of aliphatic carboxylic acids is 1. The molecule has 0 heterocycles. The summed E-state index contributed by atoms with van der Waals surface area (Å²) in [5.41, 5.74) is 2.20. The third-order valence-corrected chi connectivity index (χ3v) is 4.07. The minimum Gasteiger partial charge on any atom is -0.481 e. The lowest BCUT2D eigenvalue weighted by molar-refractivity contribution is -0.138. The summed E-state index contributed by atoms with van der Waals surface area (Å²) in [7, 11) is 0. The van der Waals surface area contributed by atoms with E-state index in [1.807, 2.05) is 32.0 Å². The Balaban J connectivity index is 2.06. The zero-order chi connectivity index (χ0) is 15.5. The van der Waals surface area contributed by atoms with Crippen LogP contribution in [-0.4, -0.2) is 22.6 Å². The highest BCUT2D eigenvalue weighted by Crippen LogP contribution is 2.32. The van der Waals surface area contributed by atoms with Crippen molar-refractivity contribution in [2.75, 3.05) is 5.32 Å². The van der Waals surface area contributed by atoms with Gasteiger partial charge in [0.2, 0.25) is 0 Å². The van der Waals surface area contributed by atoms with Crippen molar-refractivity contribution in [2.24, 2.45) is 0 Å². The van der Waals surface area contributed by atoms with E-state index in [0.717, 1.165) is 42.5 Å². The normalized spacial score (nSPS) is 16.5. The number of carboxylic acid groups (broad SMARTS) is 1. The predicted octanol–water partition coefficient (Wildman–Crippen LogP) is 3.21. The van der Waals surface area contributed by atoms with Crippen LogP contribution in [0, 0.1) is 13.8 Å². The average Bonchev–Trinajstić information content (AvgIpc) is 2.80. The fourth-order valence-corrected chi connectivity index (χ4v) is 2.95. The lowest BCUT2D eigenvalue weighted by atomic mass is 9.93. The number of benzene rings is 1. The molecule has 0 radical (unpaired) electrons. The number of carboxylic acids is 1. The molecule has 0 aromatic heterocycles. The summed E-state index contributed by atoms with van der Waals surface area (Å²) < 4.78 is 0. The maximum atomic E-state index is 12.2. The third kappa shape index (κ3) is 3.97. The molecule has 0 aliphatic heterocycles. The van der Waals surface area contributed by atoms with Gasteiger partial charge >= 0.3 is 12.0 Å². The Morgan fingerprint density at radius 2 is 1.90 bits per heavy atom. The smallest absolute Gasteiger partial charge is 0.319 e. The number of amides is 2. The van der Waals surface area contributed by atoms with Crippen LogP contribution in [0.4, 0.5) is 10.5 Å². The molecule has 1 aromatic rings. The monoisotopic (exact) mass is 290 g/mol. The summed E-state index contributed by atoms with van der Waals surface area (Å²) in [4.78, 5) is 23.2. The van der Waals surface area contributed by atoms with Crippen molar-refractivity contribution in [3.05, 3.63) is 29.3 Å². The first-order valence-corrected chi connectivity index (χ1v) is 7.28. The second kappa shape index (κ2) is 6.16. The molecule has 0 unspecified atom stereocenters. The highest BCUT2D eigenvalue weighted by molar-refractivity contribution is 5.91. The van der Waals surface area contributed by atoms with Gasteiger partial charge in [0.25, 0.3) is 0 Å². The van der Waals surface area contributed by atoms with Gasteiger partial charge in [0.1, 0.15) is 0 Å². The Bertz CT molecular complexity index is 548. The topological polar surface area (TPSA) is 78.4 Å². The van der Waals surface area contributed by atoms with Crippen LogP contribution in [0.15, 0.2) is 18.2 Å². The maximum absolute atomic E-state index is 12.2. The second-order valence-corrected chi connectivity index (χ2v) is 5.96. The van der Waals surface area contributed by atoms with Crippen LogP contribution in [0.5, 0.6) is 0 Å². The molecule has 1 aromatic carbocycles. The first-order valence-electron chi connectivity index (χ1n) is 7.28. The maximum Gasteiger partial charge on any atom is 0.319 e. The van der Waals surface area contributed by atoms with E-state index in [1.54, 1.807) is 0 Å². The molecule has 0 atom stereocenters. The molecule has 0 bridgehead atoms. The van der Waals surface area contributed by atoms with Gasteiger partial charge in [-0.2, -0.15) is 0 Å². The zero-order valence-electron chi connectivity index (χ0n) is 12.5. The average molecular weight is 290 g/mol. The number of urea groups is 1. The molecule has 3 N–H and O–H groups in total. The zero-order valence-corrected chi connectivity index (χ0v) is 12.5. The van der Waals surface area contributed by atoms with Crippen LogP contribution in [0.25, 0.3) is 0 Å². The lowest BCUT2D eigenvalue weighted by Gasteiger charge is -2.28. The predicted molar refractivity (Wildman–Crippen MR) is 81.5 cm³/mol. The molecular weight excluding hydrogens is 268 g/mol. The van der Waals surface area contributed by atoms with E-state index < -0.39 is 11.5 Å². The van der Waals surface area contributed by atoms with Crippen LogP contribution >= 0.6 is 0 Å². The molecule has 1 aliphatic rings. The van der Waals surface area contributed by atoms with Gasteiger partial charge in [-0.15, -0.1) is 0 Å². The minimum absolute atomic E-state index is 0.0206. The van der Waals surface area contributed by atoms with E-state index in [0.29, 0.717) is 0 Å². The summed E-state index contributed by atoms with van der Waals surface area (Å²) in [6, 6.07) is 5.52. The van der Waals surface area contributed by atoms with E-state index >= 15 is 0 Å². The highest BCUT2D eigenvalue weighted by atomic mass is 16.4. The number of rotatable bonds is 4. The Morgan fingerprint density at radius 3 is 2.52 bits per heavy atom. The lowest BCUT2D eigenvalue weighted by Crippen LogP contribution is -2.49. The van der Waals surface area contributed by atoms with Crippen LogP contribution in [0.1, 0.15) is 43.2 Å². The summed E-state index contributed by atoms with van der Waals surface area (Å²) >= 11 is 0. The molecule has 2 rings (SSSR count). The van der Waals surface area contributed by atoms with Crippen molar-refractivity contribution in [2.45, 2.75) is 51.5 Å². The largest absolute Gasteiger partial charge is 0.481 e. The molecule has 1 saturated carbocycles. The van der Waals surface area contributed by atoms with Crippen LogP contribution in [0.3, 0.4) is 0 Å². The van der Waals surface area contributed by atoms with Crippen molar-refractivity contribution in [1.29, 1.82) is 0 Å². The standard InChI is InChI=1S/C16H22N2O3/c1-11-5-6-12(2)13(9-11)17-15(21)18-16(10-14(19)20)7-3-4-8-16/h5-6,9H,3-4,7-8,10H2,1-2H3,(H,19,20)(H2,17,18,21). The van der Waals surface area contributed by atoms with E-state index in [4.69, 9.17) is 5.11 Å².